The van der Waals surface area contributed by atoms with Gasteiger partial charge in [0.2, 0.25) is 0 Å². The lowest BCUT2D eigenvalue weighted by Gasteiger charge is -2.14. The first-order chi connectivity index (χ1) is 9.78. The molecule has 5 heteroatoms. The van der Waals surface area contributed by atoms with Gasteiger partial charge in [-0.1, -0.05) is 13.8 Å². The Labute approximate surface area is 120 Å². The van der Waals surface area contributed by atoms with Crippen molar-refractivity contribution in [3.05, 3.63) is 42.2 Å². The molecular formula is C15H23N5. The minimum Gasteiger partial charge on any atom is -0.311 e. The average Bonchev–Trinajstić information content (AvgIpc) is 2.95. The van der Waals surface area contributed by atoms with E-state index in [1.165, 1.54) is 0 Å². The van der Waals surface area contributed by atoms with Gasteiger partial charge in [0.05, 0.1) is 23.5 Å². The van der Waals surface area contributed by atoms with Gasteiger partial charge in [0.1, 0.15) is 0 Å². The number of nitrogens with one attached hydrogen (secondary N) is 1. The van der Waals surface area contributed by atoms with E-state index < -0.39 is 0 Å². The maximum absolute atomic E-state index is 4.69. The highest BCUT2D eigenvalue weighted by Crippen LogP contribution is 2.18. The summed E-state index contributed by atoms with van der Waals surface area (Å²) in [6.45, 7) is 4.40. The first-order valence-corrected chi connectivity index (χ1v) is 7.25. The Morgan fingerprint density at radius 2 is 2.05 bits per heavy atom. The molecular weight excluding hydrogens is 250 g/mol. The summed E-state index contributed by atoms with van der Waals surface area (Å²) in [6, 6.07) is 2.74. The average molecular weight is 273 g/mol. The summed E-state index contributed by atoms with van der Waals surface area (Å²) < 4.78 is 2.08. The zero-order chi connectivity index (χ0) is 14.4. The molecule has 2 aromatic rings. The van der Waals surface area contributed by atoms with Crippen LogP contribution in [-0.4, -0.2) is 26.8 Å². The fourth-order valence-corrected chi connectivity index (χ4v) is 2.41. The first-order valence-electron chi connectivity index (χ1n) is 7.25. The Kier molecular flexibility index (Phi) is 5.24. The second kappa shape index (κ2) is 7.14. The fourth-order valence-electron chi connectivity index (χ4n) is 2.41. The molecule has 0 aromatic carbocycles. The van der Waals surface area contributed by atoms with Gasteiger partial charge in [0.15, 0.2) is 0 Å². The highest BCUT2D eigenvalue weighted by molar-refractivity contribution is 5.09. The van der Waals surface area contributed by atoms with Crippen molar-refractivity contribution in [3.63, 3.8) is 0 Å². The van der Waals surface area contributed by atoms with Crippen LogP contribution < -0.4 is 5.32 Å². The minimum absolute atomic E-state index is 0.147. The normalized spacial score (nSPS) is 12.8. The highest BCUT2D eigenvalue weighted by atomic mass is 15.3. The predicted molar refractivity (Wildman–Crippen MR) is 79.4 cm³/mol. The molecule has 1 atom stereocenters. The second-order valence-electron chi connectivity index (χ2n) is 4.93. The van der Waals surface area contributed by atoms with Gasteiger partial charge < -0.3 is 5.32 Å². The largest absolute Gasteiger partial charge is 0.311 e. The lowest BCUT2D eigenvalue weighted by molar-refractivity contribution is 0.423. The number of nitrogens with zero attached hydrogens (tertiary/aromatic N) is 4. The zero-order valence-corrected chi connectivity index (χ0v) is 12.5. The number of rotatable bonds is 7. The molecule has 0 fully saturated rings. The summed E-state index contributed by atoms with van der Waals surface area (Å²) in [5.41, 5.74) is 2.04. The van der Waals surface area contributed by atoms with Gasteiger partial charge in [-0.3, -0.25) is 14.6 Å². The molecule has 0 saturated carbocycles. The van der Waals surface area contributed by atoms with E-state index in [1.807, 2.05) is 7.05 Å². The number of hydrogen-bond acceptors (Lipinski definition) is 4. The lowest BCUT2D eigenvalue weighted by atomic mass is 10.1. The van der Waals surface area contributed by atoms with Crippen LogP contribution in [0.2, 0.25) is 0 Å². The van der Waals surface area contributed by atoms with E-state index in [9.17, 15) is 0 Å². The standard InChI is InChI=1S/C15H23N5/c1-4-13(5-2)20-9-6-12(19-20)10-14(16-3)15-11-17-7-8-18-15/h6-9,11,13-14,16H,4-5,10H2,1-3H3. The molecule has 2 rings (SSSR count). The van der Waals surface area contributed by atoms with Gasteiger partial charge >= 0.3 is 0 Å². The minimum atomic E-state index is 0.147. The molecule has 0 aliphatic carbocycles. The second-order valence-corrected chi connectivity index (χ2v) is 4.93. The van der Waals surface area contributed by atoms with Crippen molar-refractivity contribution >= 4 is 0 Å². The van der Waals surface area contributed by atoms with Crippen molar-refractivity contribution in [1.82, 2.24) is 25.1 Å². The van der Waals surface area contributed by atoms with E-state index in [0.717, 1.165) is 30.7 Å². The summed E-state index contributed by atoms with van der Waals surface area (Å²) in [7, 11) is 1.94. The summed E-state index contributed by atoms with van der Waals surface area (Å²) in [5, 5.41) is 7.98. The van der Waals surface area contributed by atoms with Crippen molar-refractivity contribution in [2.24, 2.45) is 0 Å². The van der Waals surface area contributed by atoms with E-state index in [-0.39, 0.29) is 6.04 Å². The Hall–Kier alpha value is -1.75. The molecule has 0 spiro atoms. The molecule has 1 unspecified atom stereocenters. The predicted octanol–water partition coefficient (Wildman–Crippen LogP) is 2.54. The van der Waals surface area contributed by atoms with Gasteiger partial charge in [-0.15, -0.1) is 0 Å². The van der Waals surface area contributed by atoms with Crippen LogP contribution in [0, 0.1) is 0 Å². The maximum Gasteiger partial charge on any atom is 0.0759 e. The molecule has 108 valence electrons. The van der Waals surface area contributed by atoms with Crippen LogP contribution >= 0.6 is 0 Å². The van der Waals surface area contributed by atoms with Crippen LogP contribution in [0.25, 0.3) is 0 Å². The smallest absolute Gasteiger partial charge is 0.0759 e. The van der Waals surface area contributed by atoms with Crippen molar-refractivity contribution in [2.75, 3.05) is 7.05 Å². The summed E-state index contributed by atoms with van der Waals surface area (Å²) >= 11 is 0. The van der Waals surface area contributed by atoms with E-state index >= 15 is 0 Å². The first kappa shape index (κ1) is 14.7. The van der Waals surface area contributed by atoms with Crippen molar-refractivity contribution < 1.29 is 0 Å². The van der Waals surface area contributed by atoms with E-state index in [4.69, 9.17) is 5.10 Å². The Morgan fingerprint density at radius 1 is 1.25 bits per heavy atom. The number of hydrogen-bond donors (Lipinski definition) is 1. The van der Waals surface area contributed by atoms with E-state index in [2.05, 4.69) is 46.1 Å². The van der Waals surface area contributed by atoms with E-state index in [1.54, 1.807) is 18.6 Å². The number of likely N-dealkylation sites (N-methyl/N-ethyl adjacent to an activating group) is 1. The maximum atomic E-state index is 4.69. The van der Waals surface area contributed by atoms with Crippen molar-refractivity contribution in [3.8, 4) is 0 Å². The third-order valence-electron chi connectivity index (χ3n) is 3.68. The Balaban J connectivity index is 2.09. The van der Waals surface area contributed by atoms with Crippen LogP contribution in [-0.2, 0) is 6.42 Å². The molecule has 0 aliphatic heterocycles. The summed E-state index contributed by atoms with van der Waals surface area (Å²) in [4.78, 5) is 8.49. The monoisotopic (exact) mass is 273 g/mol. The Morgan fingerprint density at radius 3 is 2.65 bits per heavy atom. The molecule has 20 heavy (non-hydrogen) atoms. The summed E-state index contributed by atoms with van der Waals surface area (Å²) in [5.74, 6) is 0. The van der Waals surface area contributed by atoms with Crippen molar-refractivity contribution in [1.29, 1.82) is 0 Å². The lowest BCUT2D eigenvalue weighted by Crippen LogP contribution is -2.20. The third-order valence-corrected chi connectivity index (χ3v) is 3.68. The van der Waals surface area contributed by atoms with Gasteiger partial charge in [-0.2, -0.15) is 5.10 Å². The zero-order valence-electron chi connectivity index (χ0n) is 12.5. The SMILES string of the molecule is CCC(CC)n1ccc(CC(NC)c2cnccn2)n1. The molecule has 0 bridgehead atoms. The van der Waals surface area contributed by atoms with Crippen LogP contribution in [0.4, 0.5) is 0 Å². The van der Waals surface area contributed by atoms with Gasteiger partial charge in [0, 0.05) is 31.2 Å². The van der Waals surface area contributed by atoms with E-state index in [0.29, 0.717) is 6.04 Å². The molecule has 2 aromatic heterocycles. The molecule has 0 amide bonds. The van der Waals surface area contributed by atoms with Gasteiger partial charge in [0.25, 0.3) is 0 Å². The van der Waals surface area contributed by atoms with Crippen LogP contribution in [0.1, 0.15) is 50.2 Å². The third kappa shape index (κ3) is 3.42. The molecule has 0 radical (unpaired) electrons. The van der Waals surface area contributed by atoms with Crippen LogP contribution in [0.15, 0.2) is 30.9 Å². The van der Waals surface area contributed by atoms with Gasteiger partial charge in [-0.05, 0) is 26.0 Å². The summed E-state index contributed by atoms with van der Waals surface area (Å²) in [6.07, 6.45) is 10.3. The quantitative estimate of drug-likeness (QED) is 0.842. The molecule has 5 nitrogen and oxygen atoms in total. The number of aromatic nitrogens is 4. The Bertz CT molecular complexity index is 504. The van der Waals surface area contributed by atoms with Gasteiger partial charge in [-0.25, -0.2) is 0 Å². The van der Waals surface area contributed by atoms with Crippen molar-refractivity contribution in [2.45, 2.75) is 45.2 Å². The van der Waals surface area contributed by atoms with Crippen LogP contribution in [0.5, 0.6) is 0 Å². The molecule has 1 N–H and O–H groups in total. The van der Waals surface area contributed by atoms with Crippen LogP contribution in [0.3, 0.4) is 0 Å². The molecule has 0 saturated heterocycles. The molecule has 2 heterocycles. The fraction of sp³-hybridized carbons (Fsp3) is 0.533. The highest BCUT2D eigenvalue weighted by Gasteiger charge is 2.14. The topological polar surface area (TPSA) is 55.6 Å². The molecule has 0 aliphatic rings.